The van der Waals surface area contributed by atoms with Crippen LogP contribution in [-0.2, 0) is 0 Å². The van der Waals surface area contributed by atoms with Crippen LogP contribution >= 0.6 is 0 Å². The van der Waals surface area contributed by atoms with Gasteiger partial charge in [-0.3, -0.25) is 0 Å². The topological polar surface area (TPSA) is 90.1 Å². The maximum absolute atomic E-state index is 11.5. The molecule has 1 aliphatic rings. The average Bonchev–Trinajstić information content (AvgIpc) is 2.48. The Morgan fingerprint density at radius 3 is 2.79 bits per heavy atom. The Hall–Kier alpha value is -1.50. The zero-order valence-corrected chi connectivity index (χ0v) is 8.01. The summed E-state index contributed by atoms with van der Waals surface area (Å²) in [5, 5.41) is 11.0. The molecule has 0 saturated carbocycles. The van der Waals surface area contributed by atoms with Gasteiger partial charge in [0.05, 0.1) is 13.2 Å². The molecule has 80 valence electrons. The first-order valence-electron chi connectivity index (χ1n) is 4.28. The predicted octanol–water partition coefficient (Wildman–Crippen LogP) is -1.36. The highest BCUT2D eigenvalue weighted by Gasteiger charge is 2.31. The highest BCUT2D eigenvalue weighted by molar-refractivity contribution is 5.80. The molecule has 0 bridgehead atoms. The number of hydrazine groups is 1. The number of hydrogen-bond acceptors (Lipinski definition) is 3. The maximum Gasteiger partial charge on any atom is 0.339 e. The molecule has 3 N–H and O–H groups in total. The van der Waals surface area contributed by atoms with E-state index in [1.54, 1.807) is 0 Å². The number of nitrogens with zero attached hydrogens (tertiary/aromatic N) is 3. The molecule has 0 atom stereocenters. The van der Waals surface area contributed by atoms with E-state index in [2.05, 4.69) is 0 Å². The first-order chi connectivity index (χ1) is 6.57. The van der Waals surface area contributed by atoms with Crippen molar-refractivity contribution in [1.29, 1.82) is 0 Å². The van der Waals surface area contributed by atoms with Gasteiger partial charge in [0.15, 0.2) is 0 Å². The van der Waals surface area contributed by atoms with Crippen molar-refractivity contribution in [3.63, 3.8) is 0 Å². The second-order valence-electron chi connectivity index (χ2n) is 2.98. The minimum Gasteiger partial charge on any atom is -0.395 e. The van der Waals surface area contributed by atoms with Gasteiger partial charge < -0.3 is 15.7 Å². The molecule has 1 heterocycles. The predicted molar refractivity (Wildman–Crippen MR) is 48.1 cm³/mol. The van der Waals surface area contributed by atoms with Crippen LogP contribution in [0.2, 0.25) is 0 Å². The Morgan fingerprint density at radius 1 is 1.64 bits per heavy atom. The Morgan fingerprint density at radius 2 is 2.29 bits per heavy atom. The Bertz CT molecular complexity index is 245. The molecule has 1 aliphatic heterocycles. The number of primary amides is 1. The van der Waals surface area contributed by atoms with Crippen molar-refractivity contribution in [3.8, 4) is 0 Å². The van der Waals surface area contributed by atoms with Crippen molar-refractivity contribution in [1.82, 2.24) is 14.9 Å². The lowest BCUT2D eigenvalue weighted by Crippen LogP contribution is -2.48. The zero-order chi connectivity index (χ0) is 10.7. The lowest BCUT2D eigenvalue weighted by Gasteiger charge is -2.25. The van der Waals surface area contributed by atoms with Crippen molar-refractivity contribution in [2.75, 3.05) is 33.3 Å². The van der Waals surface area contributed by atoms with Crippen molar-refractivity contribution in [3.05, 3.63) is 0 Å². The van der Waals surface area contributed by atoms with Gasteiger partial charge in [-0.25, -0.2) is 19.6 Å². The summed E-state index contributed by atoms with van der Waals surface area (Å²) in [6, 6.07) is -0.982. The summed E-state index contributed by atoms with van der Waals surface area (Å²) in [7, 11) is 1.43. The van der Waals surface area contributed by atoms with Crippen molar-refractivity contribution >= 4 is 12.1 Å². The molecule has 0 aromatic rings. The van der Waals surface area contributed by atoms with Gasteiger partial charge in [-0.2, -0.15) is 0 Å². The van der Waals surface area contributed by atoms with Gasteiger partial charge in [0.25, 0.3) is 0 Å². The van der Waals surface area contributed by atoms with Gasteiger partial charge in [-0.15, -0.1) is 0 Å². The summed E-state index contributed by atoms with van der Waals surface area (Å²) in [4.78, 5) is 23.8. The third-order valence-corrected chi connectivity index (χ3v) is 2.12. The number of urea groups is 2. The molecule has 0 aromatic carbocycles. The summed E-state index contributed by atoms with van der Waals surface area (Å²) < 4.78 is 0. The molecule has 0 aliphatic carbocycles. The number of carbonyl (C=O) groups excluding carboxylic acids is 2. The quantitative estimate of drug-likeness (QED) is 0.592. The van der Waals surface area contributed by atoms with Gasteiger partial charge in [-0.1, -0.05) is 0 Å². The van der Waals surface area contributed by atoms with E-state index in [1.165, 1.54) is 17.0 Å². The first-order valence-corrected chi connectivity index (χ1v) is 4.28. The second-order valence-corrected chi connectivity index (χ2v) is 2.98. The molecular weight excluding hydrogens is 188 g/mol. The number of rotatable bonds is 3. The number of β-amino-alcohol motifs (C(OH)–C–C–N with tert-alkyl or cyclic N) is 1. The SMILES string of the molecule is CN(C(N)=O)N1CCN(CCO)C1=O. The third kappa shape index (κ3) is 1.87. The monoisotopic (exact) mass is 202 g/mol. The van der Waals surface area contributed by atoms with E-state index in [9.17, 15) is 9.59 Å². The van der Waals surface area contributed by atoms with Gasteiger partial charge in [0.2, 0.25) is 0 Å². The highest BCUT2D eigenvalue weighted by atomic mass is 16.3. The molecular formula is C7H14N4O3. The van der Waals surface area contributed by atoms with E-state index in [0.29, 0.717) is 13.1 Å². The Balaban J connectivity index is 2.59. The van der Waals surface area contributed by atoms with E-state index in [0.717, 1.165) is 5.01 Å². The zero-order valence-electron chi connectivity index (χ0n) is 8.01. The number of aliphatic hydroxyl groups excluding tert-OH is 1. The van der Waals surface area contributed by atoms with Crippen LogP contribution in [0.1, 0.15) is 0 Å². The molecule has 0 aromatic heterocycles. The maximum atomic E-state index is 11.5. The summed E-state index contributed by atoms with van der Waals surface area (Å²) in [6.45, 7) is 1.11. The molecule has 7 heteroatoms. The fourth-order valence-corrected chi connectivity index (χ4v) is 1.30. The lowest BCUT2D eigenvalue weighted by molar-refractivity contribution is 0.0845. The molecule has 7 nitrogen and oxygen atoms in total. The van der Waals surface area contributed by atoms with Crippen LogP contribution < -0.4 is 5.73 Å². The molecule has 14 heavy (non-hydrogen) atoms. The number of nitrogens with two attached hydrogens (primary N) is 1. The largest absolute Gasteiger partial charge is 0.395 e. The minimum absolute atomic E-state index is 0.0835. The van der Waals surface area contributed by atoms with E-state index in [-0.39, 0.29) is 19.2 Å². The molecule has 0 radical (unpaired) electrons. The average molecular weight is 202 g/mol. The summed E-state index contributed by atoms with van der Waals surface area (Å²) in [5.74, 6) is 0. The molecule has 1 rings (SSSR count). The van der Waals surface area contributed by atoms with Crippen molar-refractivity contribution < 1.29 is 14.7 Å². The van der Waals surface area contributed by atoms with Gasteiger partial charge in [0.1, 0.15) is 0 Å². The van der Waals surface area contributed by atoms with Gasteiger partial charge >= 0.3 is 12.1 Å². The van der Waals surface area contributed by atoms with Gasteiger partial charge in [-0.05, 0) is 0 Å². The highest BCUT2D eigenvalue weighted by Crippen LogP contribution is 2.09. The fraction of sp³-hybridized carbons (Fsp3) is 0.714. The van der Waals surface area contributed by atoms with Crippen LogP contribution in [0.4, 0.5) is 9.59 Å². The second kappa shape index (κ2) is 4.14. The number of amides is 4. The molecule has 0 spiro atoms. The van der Waals surface area contributed by atoms with Crippen LogP contribution in [0, 0.1) is 0 Å². The van der Waals surface area contributed by atoms with Crippen LogP contribution in [-0.4, -0.2) is 65.4 Å². The number of carbonyl (C=O) groups is 2. The third-order valence-electron chi connectivity index (χ3n) is 2.12. The van der Waals surface area contributed by atoms with Gasteiger partial charge in [0, 0.05) is 20.1 Å². The fourth-order valence-electron chi connectivity index (χ4n) is 1.30. The summed E-state index contributed by atoms with van der Waals surface area (Å²) >= 11 is 0. The summed E-state index contributed by atoms with van der Waals surface area (Å²) in [6.07, 6.45) is 0. The Labute approximate surface area is 81.6 Å². The lowest BCUT2D eigenvalue weighted by atomic mass is 10.5. The molecule has 1 saturated heterocycles. The Kier molecular flexibility index (Phi) is 3.13. The van der Waals surface area contributed by atoms with Crippen LogP contribution in [0.5, 0.6) is 0 Å². The van der Waals surface area contributed by atoms with E-state index in [1.807, 2.05) is 0 Å². The normalized spacial score (nSPS) is 16.3. The van der Waals surface area contributed by atoms with E-state index in [4.69, 9.17) is 10.8 Å². The number of aliphatic hydroxyl groups is 1. The summed E-state index contributed by atoms with van der Waals surface area (Å²) in [5.41, 5.74) is 5.02. The molecule has 4 amide bonds. The smallest absolute Gasteiger partial charge is 0.339 e. The van der Waals surface area contributed by atoms with Crippen molar-refractivity contribution in [2.45, 2.75) is 0 Å². The molecule has 1 fully saturated rings. The minimum atomic E-state index is -0.677. The van der Waals surface area contributed by atoms with Crippen molar-refractivity contribution in [2.24, 2.45) is 5.73 Å². The first kappa shape index (κ1) is 10.6. The number of hydrogen-bond donors (Lipinski definition) is 2. The molecule has 0 unspecified atom stereocenters. The standard InChI is InChI=1S/C7H14N4O3/c1-9(6(8)13)11-3-2-10(4-5-12)7(11)14/h12H,2-5H2,1H3,(H2,8,13). The van der Waals surface area contributed by atoms with E-state index < -0.39 is 6.03 Å². The van der Waals surface area contributed by atoms with Crippen LogP contribution in [0.25, 0.3) is 0 Å². The van der Waals surface area contributed by atoms with Crippen LogP contribution in [0.15, 0.2) is 0 Å². The van der Waals surface area contributed by atoms with E-state index >= 15 is 0 Å². The van der Waals surface area contributed by atoms with Crippen LogP contribution in [0.3, 0.4) is 0 Å².